The van der Waals surface area contributed by atoms with Crippen LogP contribution in [0.15, 0.2) is 23.3 Å². The highest BCUT2D eigenvalue weighted by Gasteiger charge is 2.30. The number of H-pyrrole nitrogens is 2. The number of nitrogens with one attached hydrogen (secondary N) is 2. The van der Waals surface area contributed by atoms with Crippen molar-refractivity contribution in [2.24, 2.45) is 0 Å². The number of imidazole rings is 1. The third-order valence-corrected chi connectivity index (χ3v) is 5.20. The highest BCUT2D eigenvalue weighted by Crippen LogP contribution is 2.30. The number of carbonyl (C=O) groups excluding carboxylic acids is 1. The van der Waals surface area contributed by atoms with Crippen LogP contribution in [0, 0.1) is 13.8 Å². The topological polar surface area (TPSA) is 99.2 Å². The van der Waals surface area contributed by atoms with Crippen molar-refractivity contribution in [3.05, 3.63) is 51.5 Å². The number of hydrogen-bond acceptors (Lipinski definition) is 4. The van der Waals surface area contributed by atoms with Gasteiger partial charge in [-0.2, -0.15) is 5.10 Å². The van der Waals surface area contributed by atoms with Gasteiger partial charge in [-0.25, -0.2) is 4.98 Å². The van der Waals surface area contributed by atoms with Gasteiger partial charge in [-0.05, 0) is 33.1 Å². The average Bonchev–Trinajstić information content (AvgIpc) is 3.24. The van der Waals surface area contributed by atoms with Crippen LogP contribution in [-0.4, -0.2) is 41.9 Å². The van der Waals surface area contributed by atoms with E-state index in [0.717, 1.165) is 41.9 Å². The second-order valence-corrected chi connectivity index (χ2v) is 6.87. The van der Waals surface area contributed by atoms with E-state index in [-0.39, 0.29) is 17.5 Å². The van der Waals surface area contributed by atoms with Crippen LogP contribution in [0.1, 0.15) is 47.9 Å². The summed E-state index contributed by atoms with van der Waals surface area (Å²) in [5.41, 5.74) is 3.36. The number of likely N-dealkylation sites (tertiary alicyclic amines) is 1. The van der Waals surface area contributed by atoms with Gasteiger partial charge in [0.15, 0.2) is 0 Å². The first-order chi connectivity index (χ1) is 12.5. The van der Waals surface area contributed by atoms with Gasteiger partial charge >= 0.3 is 0 Å². The molecule has 2 N–H and O–H groups in total. The molecule has 8 nitrogen and oxygen atoms in total. The van der Waals surface area contributed by atoms with Gasteiger partial charge in [-0.3, -0.25) is 19.1 Å². The van der Waals surface area contributed by atoms with E-state index in [0.29, 0.717) is 18.7 Å². The molecule has 0 saturated carbocycles. The first-order valence-electron chi connectivity index (χ1n) is 8.91. The van der Waals surface area contributed by atoms with E-state index in [9.17, 15) is 9.59 Å². The maximum absolute atomic E-state index is 13.0. The zero-order valence-corrected chi connectivity index (χ0v) is 15.0. The fourth-order valence-electron chi connectivity index (χ4n) is 3.76. The fraction of sp³-hybridized carbons (Fsp3) is 0.444. The van der Waals surface area contributed by atoms with Crippen LogP contribution in [0.4, 0.5) is 0 Å². The Kier molecular flexibility index (Phi) is 4.10. The van der Waals surface area contributed by atoms with Gasteiger partial charge in [0.05, 0.1) is 18.2 Å². The maximum Gasteiger partial charge on any atom is 0.259 e. The van der Waals surface area contributed by atoms with Crippen molar-refractivity contribution in [2.45, 2.75) is 45.6 Å². The van der Waals surface area contributed by atoms with Crippen molar-refractivity contribution in [1.82, 2.24) is 29.5 Å². The first kappa shape index (κ1) is 16.6. The molecule has 1 saturated heterocycles. The predicted molar refractivity (Wildman–Crippen MR) is 95.9 cm³/mol. The van der Waals surface area contributed by atoms with Gasteiger partial charge in [0.1, 0.15) is 0 Å². The van der Waals surface area contributed by atoms with Crippen LogP contribution in [0.25, 0.3) is 5.78 Å². The smallest absolute Gasteiger partial charge is 0.259 e. The van der Waals surface area contributed by atoms with Crippen LogP contribution < -0.4 is 5.56 Å². The molecule has 3 aromatic heterocycles. The molecular weight excluding hydrogens is 332 g/mol. The van der Waals surface area contributed by atoms with Gasteiger partial charge in [0.25, 0.3) is 5.56 Å². The van der Waals surface area contributed by atoms with Crippen LogP contribution in [0.5, 0.6) is 0 Å². The Morgan fingerprint density at radius 3 is 2.96 bits per heavy atom. The summed E-state index contributed by atoms with van der Waals surface area (Å²) >= 11 is 0. The van der Waals surface area contributed by atoms with E-state index in [1.54, 1.807) is 18.5 Å². The van der Waals surface area contributed by atoms with E-state index < -0.39 is 0 Å². The molecule has 0 radical (unpaired) electrons. The maximum atomic E-state index is 13.0. The molecule has 3 aromatic rings. The van der Waals surface area contributed by atoms with E-state index in [1.165, 1.54) is 4.40 Å². The molecule has 4 rings (SSSR count). The summed E-state index contributed by atoms with van der Waals surface area (Å²) in [7, 11) is 0. The summed E-state index contributed by atoms with van der Waals surface area (Å²) in [6, 6.07) is 1.46. The molecular formula is C18H22N6O2. The molecule has 0 spiro atoms. The zero-order chi connectivity index (χ0) is 18.3. The van der Waals surface area contributed by atoms with Crippen molar-refractivity contribution in [1.29, 1.82) is 0 Å². The Morgan fingerprint density at radius 1 is 1.35 bits per heavy atom. The molecule has 1 unspecified atom stereocenters. The minimum atomic E-state index is -0.134. The van der Waals surface area contributed by atoms with Gasteiger partial charge < -0.3 is 9.88 Å². The number of carbonyl (C=O) groups is 1. The van der Waals surface area contributed by atoms with Crippen LogP contribution in [0.3, 0.4) is 0 Å². The molecule has 1 fully saturated rings. The Morgan fingerprint density at radius 2 is 2.19 bits per heavy atom. The highest BCUT2D eigenvalue weighted by atomic mass is 16.2. The normalized spacial score (nSPS) is 17.8. The molecule has 1 aliphatic rings. The molecule has 136 valence electrons. The Hall–Kier alpha value is -2.90. The molecule has 26 heavy (non-hydrogen) atoms. The lowest BCUT2D eigenvalue weighted by molar-refractivity contribution is -0.134. The molecule has 1 aliphatic heterocycles. The lowest BCUT2D eigenvalue weighted by Crippen LogP contribution is -2.40. The van der Waals surface area contributed by atoms with E-state index in [4.69, 9.17) is 0 Å². The Labute approximate surface area is 150 Å². The van der Waals surface area contributed by atoms with Gasteiger partial charge in [-0.1, -0.05) is 0 Å². The van der Waals surface area contributed by atoms with Gasteiger partial charge in [0, 0.05) is 42.0 Å². The molecule has 4 heterocycles. The number of nitrogens with zero attached hydrogens (tertiary/aromatic N) is 4. The summed E-state index contributed by atoms with van der Waals surface area (Å²) in [5, 5.41) is 7.11. The second kappa shape index (κ2) is 6.44. The van der Waals surface area contributed by atoms with Crippen molar-refractivity contribution in [3.8, 4) is 0 Å². The zero-order valence-electron chi connectivity index (χ0n) is 15.0. The third-order valence-electron chi connectivity index (χ3n) is 5.20. The van der Waals surface area contributed by atoms with Crippen molar-refractivity contribution >= 4 is 11.7 Å². The van der Waals surface area contributed by atoms with Gasteiger partial charge in [-0.15, -0.1) is 0 Å². The van der Waals surface area contributed by atoms with E-state index in [2.05, 4.69) is 20.2 Å². The molecule has 0 aromatic carbocycles. The van der Waals surface area contributed by atoms with E-state index in [1.807, 2.05) is 18.7 Å². The quantitative estimate of drug-likeness (QED) is 0.747. The van der Waals surface area contributed by atoms with Crippen molar-refractivity contribution < 1.29 is 4.79 Å². The summed E-state index contributed by atoms with van der Waals surface area (Å²) < 4.78 is 1.47. The Bertz CT molecular complexity index is 995. The average molecular weight is 354 g/mol. The van der Waals surface area contributed by atoms with Crippen LogP contribution in [-0.2, 0) is 11.2 Å². The van der Waals surface area contributed by atoms with E-state index >= 15 is 0 Å². The summed E-state index contributed by atoms with van der Waals surface area (Å²) in [6.07, 6.45) is 6.38. The number of aromatic nitrogens is 5. The number of hydrogen-bond donors (Lipinski definition) is 2. The minimum Gasteiger partial charge on any atom is -0.334 e. The molecule has 0 aliphatic carbocycles. The van der Waals surface area contributed by atoms with Crippen LogP contribution >= 0.6 is 0 Å². The second-order valence-electron chi connectivity index (χ2n) is 6.87. The number of amides is 1. The molecule has 1 amide bonds. The molecule has 8 heteroatoms. The lowest BCUT2D eigenvalue weighted by atomic mass is 9.97. The summed E-state index contributed by atoms with van der Waals surface area (Å²) in [6.45, 7) is 4.53. The minimum absolute atomic E-state index is 0.0614. The predicted octanol–water partition coefficient (Wildman–Crippen LogP) is 1.66. The Balaban J connectivity index is 1.65. The first-order valence-corrected chi connectivity index (χ1v) is 8.91. The fourth-order valence-corrected chi connectivity index (χ4v) is 3.76. The summed E-state index contributed by atoms with van der Waals surface area (Å²) in [5.74, 6) is 0.568. The number of piperidine rings is 1. The number of aryl methyl sites for hydroxylation is 2. The van der Waals surface area contributed by atoms with Crippen LogP contribution in [0.2, 0.25) is 0 Å². The molecule has 0 bridgehead atoms. The summed E-state index contributed by atoms with van der Waals surface area (Å²) in [4.78, 5) is 34.6. The van der Waals surface area contributed by atoms with Crippen molar-refractivity contribution in [2.75, 3.05) is 6.54 Å². The number of rotatable bonds is 3. The lowest BCUT2D eigenvalue weighted by Gasteiger charge is -2.36. The third kappa shape index (κ3) is 2.81. The number of fused-ring (bicyclic) bond motifs is 1. The molecule has 1 atom stereocenters. The van der Waals surface area contributed by atoms with Crippen molar-refractivity contribution in [3.63, 3.8) is 0 Å². The largest absolute Gasteiger partial charge is 0.334 e. The standard InChI is InChI=1S/C18H22N6O2/c1-11-13(12(2)22-21-11)9-16(25)23-7-4-3-5-15(23)14-10-17(26)24-8-6-19-18(24)20-14/h6,8,10,15H,3-5,7,9H2,1-2H3,(H,19,20)(H,21,22). The number of aromatic amines is 2. The highest BCUT2D eigenvalue weighted by molar-refractivity contribution is 5.79. The SMILES string of the molecule is Cc1n[nH]c(C)c1CC(=O)N1CCCCC1c1cc(=O)n2ccnc2[nH]1. The van der Waals surface area contributed by atoms with Gasteiger partial charge in [0.2, 0.25) is 11.7 Å². The monoisotopic (exact) mass is 354 g/mol.